The van der Waals surface area contributed by atoms with Gasteiger partial charge < -0.3 is 15.1 Å². The molecule has 0 bridgehead atoms. The third-order valence-corrected chi connectivity index (χ3v) is 8.07. The van der Waals surface area contributed by atoms with E-state index in [1.54, 1.807) is 24.3 Å². The molecule has 1 saturated heterocycles. The summed E-state index contributed by atoms with van der Waals surface area (Å²) < 4.78 is 5.50. The predicted octanol–water partition coefficient (Wildman–Crippen LogP) is 5.71. The third-order valence-electron chi connectivity index (χ3n) is 4.06. The van der Waals surface area contributed by atoms with Gasteiger partial charge >= 0.3 is 0 Å². The van der Waals surface area contributed by atoms with Crippen molar-refractivity contribution in [2.24, 2.45) is 0 Å². The molecule has 144 valence electrons. The number of thioether (sulfide) groups is 2. The van der Waals surface area contributed by atoms with Gasteiger partial charge in [-0.25, -0.2) is 0 Å². The van der Waals surface area contributed by atoms with Gasteiger partial charge in [0.15, 0.2) is 5.76 Å². The quantitative estimate of drug-likeness (QED) is 0.542. The molecule has 0 radical (unpaired) electrons. The van der Waals surface area contributed by atoms with Crippen molar-refractivity contribution in [3.8, 4) is 0 Å². The van der Waals surface area contributed by atoms with Crippen LogP contribution < -0.4 is 10.6 Å². The number of furan rings is 1. The molecule has 1 aliphatic heterocycles. The Morgan fingerprint density at radius 1 is 0.964 bits per heavy atom. The summed E-state index contributed by atoms with van der Waals surface area (Å²) in [5.74, 6) is 2.06. The van der Waals surface area contributed by atoms with Gasteiger partial charge in [0.1, 0.15) is 0 Å². The van der Waals surface area contributed by atoms with Gasteiger partial charge in [0.2, 0.25) is 0 Å². The maximum atomic E-state index is 12.6. The fourth-order valence-electron chi connectivity index (χ4n) is 2.74. The largest absolute Gasteiger partial charge is 0.459 e. The monoisotopic (exact) mass is 430 g/mol. The van der Waals surface area contributed by atoms with E-state index in [9.17, 15) is 9.59 Å². The molecule has 4 rings (SSSR count). The fraction of sp³-hybridized carbons (Fsp3) is 0.200. The lowest BCUT2D eigenvalue weighted by Gasteiger charge is -2.21. The van der Waals surface area contributed by atoms with Gasteiger partial charge in [-0.15, -0.1) is 34.9 Å². The zero-order valence-electron chi connectivity index (χ0n) is 14.8. The maximum Gasteiger partial charge on any atom is 0.291 e. The van der Waals surface area contributed by atoms with Crippen molar-refractivity contribution in [3.05, 3.63) is 71.0 Å². The number of rotatable bonds is 5. The molecule has 2 N–H and O–H groups in total. The predicted molar refractivity (Wildman–Crippen MR) is 118 cm³/mol. The average Bonchev–Trinajstić information content (AvgIpc) is 3.41. The van der Waals surface area contributed by atoms with E-state index in [1.165, 1.54) is 41.1 Å². The Balaban J connectivity index is 1.40. The number of nitrogens with one attached hydrogen (secondary N) is 2. The minimum atomic E-state index is -0.339. The number of benzene rings is 1. The highest BCUT2D eigenvalue weighted by atomic mass is 32.2. The van der Waals surface area contributed by atoms with E-state index in [-0.39, 0.29) is 17.6 Å². The molecule has 3 aromatic rings. The Kier molecular flexibility index (Phi) is 6.09. The Bertz CT molecular complexity index is 963. The van der Waals surface area contributed by atoms with Gasteiger partial charge in [0, 0.05) is 5.69 Å². The topological polar surface area (TPSA) is 71.3 Å². The molecule has 1 aliphatic rings. The van der Waals surface area contributed by atoms with Gasteiger partial charge in [-0.05, 0) is 59.9 Å². The van der Waals surface area contributed by atoms with Gasteiger partial charge in [-0.3, -0.25) is 9.59 Å². The second-order valence-corrected chi connectivity index (χ2v) is 9.91. The lowest BCUT2D eigenvalue weighted by atomic mass is 10.2. The SMILES string of the molecule is O=C(Nc1ccc(C(=O)Nc2cccc(C3SCCCS3)c2)s1)c1ccco1. The second kappa shape index (κ2) is 8.89. The molecule has 8 heteroatoms. The summed E-state index contributed by atoms with van der Waals surface area (Å²) in [5.41, 5.74) is 2.01. The Hall–Kier alpha value is -2.16. The minimum absolute atomic E-state index is 0.190. The van der Waals surface area contributed by atoms with Crippen molar-refractivity contribution >= 4 is 57.4 Å². The van der Waals surface area contributed by atoms with E-state index in [0.717, 1.165) is 5.69 Å². The standard InChI is InChI=1S/C20H18N2O3S3/c23-18(15-6-2-9-25-15)22-17-8-7-16(28-17)19(24)21-14-5-1-4-13(12-14)20-26-10-3-11-27-20/h1-2,4-9,12,20H,3,10-11H2,(H,21,24)(H,22,23). The van der Waals surface area contributed by atoms with E-state index < -0.39 is 0 Å². The Morgan fingerprint density at radius 3 is 2.61 bits per heavy atom. The molecule has 0 saturated carbocycles. The first-order valence-electron chi connectivity index (χ1n) is 8.78. The lowest BCUT2D eigenvalue weighted by Crippen LogP contribution is -2.11. The molecule has 0 aliphatic carbocycles. The maximum absolute atomic E-state index is 12.6. The summed E-state index contributed by atoms with van der Waals surface area (Å²) in [4.78, 5) is 25.1. The van der Waals surface area contributed by atoms with Gasteiger partial charge in [-0.1, -0.05) is 12.1 Å². The molecule has 1 aromatic carbocycles. The van der Waals surface area contributed by atoms with E-state index in [2.05, 4.69) is 16.7 Å². The van der Waals surface area contributed by atoms with Crippen LogP contribution in [0.1, 0.15) is 36.8 Å². The number of anilines is 2. The molecule has 0 spiro atoms. The first-order chi connectivity index (χ1) is 13.7. The molecule has 1 fully saturated rings. The van der Waals surface area contributed by atoms with Gasteiger partial charge in [0.25, 0.3) is 11.8 Å². The molecule has 28 heavy (non-hydrogen) atoms. The van der Waals surface area contributed by atoms with Crippen LogP contribution in [0.3, 0.4) is 0 Å². The summed E-state index contributed by atoms with van der Waals surface area (Å²) in [6.07, 6.45) is 2.69. The van der Waals surface area contributed by atoms with Crippen molar-refractivity contribution in [1.29, 1.82) is 0 Å². The van der Waals surface area contributed by atoms with Crippen molar-refractivity contribution < 1.29 is 14.0 Å². The summed E-state index contributed by atoms with van der Waals surface area (Å²) in [7, 11) is 0. The van der Waals surface area contributed by atoms with Crippen molar-refractivity contribution in [2.45, 2.75) is 11.0 Å². The molecule has 0 atom stereocenters. The molecule has 0 unspecified atom stereocenters. The van der Waals surface area contributed by atoms with E-state index in [4.69, 9.17) is 4.42 Å². The van der Waals surface area contributed by atoms with Crippen LogP contribution >= 0.6 is 34.9 Å². The highest BCUT2D eigenvalue weighted by Gasteiger charge is 2.18. The molecular formula is C20H18N2O3S3. The number of amides is 2. The first kappa shape index (κ1) is 19.2. The third kappa shape index (κ3) is 4.63. The number of hydrogen-bond donors (Lipinski definition) is 2. The van der Waals surface area contributed by atoms with Crippen LogP contribution in [0.5, 0.6) is 0 Å². The highest BCUT2D eigenvalue weighted by Crippen LogP contribution is 2.44. The van der Waals surface area contributed by atoms with Crippen LogP contribution in [0.15, 0.2) is 59.2 Å². The van der Waals surface area contributed by atoms with E-state index in [0.29, 0.717) is 14.5 Å². The molecular weight excluding hydrogens is 412 g/mol. The average molecular weight is 431 g/mol. The van der Waals surface area contributed by atoms with Crippen molar-refractivity contribution in [3.63, 3.8) is 0 Å². The van der Waals surface area contributed by atoms with E-state index in [1.807, 2.05) is 41.7 Å². The number of carbonyl (C=O) groups is 2. The van der Waals surface area contributed by atoms with Crippen LogP contribution in [0.2, 0.25) is 0 Å². The highest BCUT2D eigenvalue weighted by molar-refractivity contribution is 8.16. The summed E-state index contributed by atoms with van der Waals surface area (Å²) in [5, 5.41) is 6.28. The van der Waals surface area contributed by atoms with Crippen LogP contribution in [0.4, 0.5) is 10.7 Å². The van der Waals surface area contributed by atoms with Crippen LogP contribution in [0, 0.1) is 0 Å². The molecule has 5 nitrogen and oxygen atoms in total. The number of thiophene rings is 1. The molecule has 2 aromatic heterocycles. The number of carbonyl (C=O) groups excluding carboxylic acids is 2. The van der Waals surface area contributed by atoms with Gasteiger partial charge in [0.05, 0.1) is 20.7 Å². The van der Waals surface area contributed by atoms with Crippen LogP contribution in [-0.4, -0.2) is 23.3 Å². The summed E-state index contributed by atoms with van der Waals surface area (Å²) >= 11 is 5.13. The molecule has 3 heterocycles. The number of hydrogen-bond acceptors (Lipinski definition) is 6. The minimum Gasteiger partial charge on any atom is -0.459 e. The summed E-state index contributed by atoms with van der Waals surface area (Å²) in [6, 6.07) is 14.7. The molecule has 2 amide bonds. The van der Waals surface area contributed by atoms with E-state index >= 15 is 0 Å². The normalized spacial score (nSPS) is 14.6. The van der Waals surface area contributed by atoms with Crippen LogP contribution in [-0.2, 0) is 0 Å². The van der Waals surface area contributed by atoms with Crippen LogP contribution in [0.25, 0.3) is 0 Å². The Morgan fingerprint density at radius 2 is 1.82 bits per heavy atom. The summed E-state index contributed by atoms with van der Waals surface area (Å²) in [6.45, 7) is 0. The Labute approximate surface area is 175 Å². The second-order valence-electron chi connectivity index (χ2n) is 6.10. The lowest BCUT2D eigenvalue weighted by molar-refractivity contribution is 0.0995. The zero-order chi connectivity index (χ0) is 19.3. The fourth-order valence-corrected chi connectivity index (χ4v) is 6.41. The van der Waals surface area contributed by atoms with Crippen molar-refractivity contribution in [1.82, 2.24) is 0 Å². The first-order valence-corrected chi connectivity index (χ1v) is 11.7. The smallest absolute Gasteiger partial charge is 0.291 e. The van der Waals surface area contributed by atoms with Gasteiger partial charge in [-0.2, -0.15) is 0 Å². The van der Waals surface area contributed by atoms with Crippen molar-refractivity contribution in [2.75, 3.05) is 22.1 Å². The zero-order valence-corrected chi connectivity index (χ0v) is 17.3.